The van der Waals surface area contributed by atoms with Gasteiger partial charge >= 0.3 is 0 Å². The monoisotopic (exact) mass is 194 g/mol. The van der Waals surface area contributed by atoms with Gasteiger partial charge in [-0.1, -0.05) is 26.8 Å². The molecule has 0 fully saturated rings. The third-order valence-electron chi connectivity index (χ3n) is 0.737. The molecule has 1 heteroatoms. The average molecular weight is 194 g/mol. The summed E-state index contributed by atoms with van der Waals surface area (Å²) < 4.78 is 4.03. The van der Waals surface area contributed by atoms with Crippen molar-refractivity contribution < 1.29 is 0 Å². The fourth-order valence-corrected chi connectivity index (χ4v) is 2.13. The van der Waals surface area contributed by atoms with Crippen molar-refractivity contribution in [3.8, 4) is 0 Å². The molecule has 0 spiro atoms. The fraction of sp³-hybridized carbons (Fsp3) is 0.400. The Labute approximate surface area is 48.0 Å². The minimum atomic E-state index is 0.416. The van der Waals surface area contributed by atoms with E-state index < -0.39 is 0 Å². The molecule has 6 heavy (non-hydrogen) atoms. The van der Waals surface area contributed by atoms with Gasteiger partial charge in [0.1, 0.15) is 0 Å². The lowest BCUT2D eigenvalue weighted by Crippen LogP contribution is -1.51. The van der Waals surface area contributed by atoms with E-state index in [-0.39, 0.29) is 0 Å². The number of rotatable bonds is 0. The smallest absolute Gasteiger partial charge is 0.0102 e. The van der Waals surface area contributed by atoms with E-state index in [1.165, 1.54) is 6.42 Å². The molecule has 0 aromatic carbocycles. The lowest BCUT2D eigenvalue weighted by molar-refractivity contribution is 1.53. The molecule has 34 valence electrons. The van der Waals surface area contributed by atoms with Crippen molar-refractivity contribution in [2.24, 2.45) is 0 Å². The van der Waals surface area contributed by atoms with Gasteiger partial charge in [0.25, 0.3) is 0 Å². The van der Waals surface area contributed by atoms with Crippen molar-refractivity contribution in [2.75, 3.05) is 0 Å². The highest BCUT2D eigenvalue weighted by molar-refractivity contribution is 14.2. The molecule has 0 bridgehead atoms. The van der Waals surface area contributed by atoms with Gasteiger partial charge in [0.2, 0.25) is 0 Å². The number of allylic oxidation sites excluding steroid dienone is 2. The molecule has 1 aliphatic heterocycles. The molecule has 0 saturated heterocycles. The summed E-state index contributed by atoms with van der Waals surface area (Å²) in [6, 6.07) is 0. The first-order valence-electron chi connectivity index (χ1n) is 2.01. The van der Waals surface area contributed by atoms with Crippen molar-refractivity contribution in [2.45, 2.75) is 13.3 Å². The van der Waals surface area contributed by atoms with Crippen molar-refractivity contribution >= 4 is 24.7 Å². The zero-order valence-electron chi connectivity index (χ0n) is 3.74. The molecule has 0 atom stereocenters. The van der Waals surface area contributed by atoms with Gasteiger partial charge in [0.05, 0.1) is 0 Å². The van der Waals surface area contributed by atoms with Gasteiger partial charge in [0.15, 0.2) is 0 Å². The molecular formula is C5H7I. The standard InChI is InChI=1S/C5H7I/c1-5-3-2-4-6-5/h3-4H,2H2,1H3. The Bertz CT molecular complexity index is 97.8. The molecule has 0 radical (unpaired) electrons. The highest BCUT2D eigenvalue weighted by Crippen LogP contribution is 2.18. The van der Waals surface area contributed by atoms with Crippen LogP contribution in [-0.4, -0.2) is 4.01 Å². The number of hydrogen-bond donors (Lipinski definition) is 0. The second-order valence-electron chi connectivity index (χ2n) is 1.29. The summed E-state index contributed by atoms with van der Waals surface area (Å²) in [5.41, 5.74) is 0. The zero-order chi connectivity index (χ0) is 4.41. The molecule has 1 aliphatic rings. The predicted octanol–water partition coefficient (Wildman–Crippen LogP) is 2.07. The lowest BCUT2D eigenvalue weighted by atomic mass is 10.4. The maximum absolute atomic E-state index is 2.40. The molecule has 0 amide bonds. The minimum absolute atomic E-state index is 0.416. The summed E-state index contributed by atoms with van der Waals surface area (Å²) in [7, 11) is 0. The highest BCUT2D eigenvalue weighted by Gasteiger charge is 1.85. The van der Waals surface area contributed by atoms with Crippen molar-refractivity contribution in [1.29, 1.82) is 0 Å². The molecule has 1 heterocycles. The van der Waals surface area contributed by atoms with Gasteiger partial charge in [-0.15, -0.1) is 0 Å². The van der Waals surface area contributed by atoms with Crippen molar-refractivity contribution in [1.82, 2.24) is 0 Å². The molecule has 0 aromatic heterocycles. The van der Waals surface area contributed by atoms with Gasteiger partial charge < -0.3 is 0 Å². The lowest BCUT2D eigenvalue weighted by Gasteiger charge is -1.71. The molecule has 0 saturated carbocycles. The van der Waals surface area contributed by atoms with Crippen LogP contribution in [0.5, 0.6) is 0 Å². The Morgan fingerprint density at radius 1 is 1.83 bits per heavy atom. The molecule has 0 aliphatic carbocycles. The second-order valence-corrected chi connectivity index (χ2v) is 4.50. The molecule has 0 aromatic rings. The van der Waals surface area contributed by atoms with Crippen LogP contribution in [0.2, 0.25) is 0 Å². The van der Waals surface area contributed by atoms with Crippen LogP contribution in [0.3, 0.4) is 0 Å². The summed E-state index contributed by atoms with van der Waals surface area (Å²) in [5, 5.41) is 0. The van der Waals surface area contributed by atoms with Gasteiger partial charge in [-0.3, -0.25) is 0 Å². The Morgan fingerprint density at radius 2 is 2.67 bits per heavy atom. The van der Waals surface area contributed by atoms with Crippen molar-refractivity contribution in [3.63, 3.8) is 0 Å². The van der Waals surface area contributed by atoms with Crippen LogP contribution in [-0.2, 0) is 0 Å². The number of hydrogen-bond acceptors (Lipinski definition) is 0. The first-order valence-corrected chi connectivity index (χ1v) is 4.34. The summed E-state index contributed by atoms with van der Waals surface area (Å²) in [6.07, 6.45) is 3.56. The van der Waals surface area contributed by atoms with Crippen LogP contribution in [0.15, 0.2) is 9.66 Å². The van der Waals surface area contributed by atoms with Crippen LogP contribution in [0, 0.1) is 0 Å². The fourth-order valence-electron chi connectivity index (χ4n) is 0.418. The van der Waals surface area contributed by atoms with Crippen LogP contribution in [0.25, 0.3) is 0 Å². The maximum atomic E-state index is 2.40. The van der Waals surface area contributed by atoms with E-state index in [9.17, 15) is 0 Å². The third-order valence-corrected chi connectivity index (χ3v) is 3.11. The number of halogens is 1. The van der Waals surface area contributed by atoms with E-state index in [0.717, 1.165) is 0 Å². The summed E-state index contributed by atoms with van der Waals surface area (Å²) in [5.74, 6) is 0. The Morgan fingerprint density at radius 3 is 2.83 bits per heavy atom. The van der Waals surface area contributed by atoms with E-state index in [0.29, 0.717) is 20.7 Å². The predicted molar refractivity (Wildman–Crippen MR) is 38.5 cm³/mol. The van der Waals surface area contributed by atoms with E-state index in [4.69, 9.17) is 0 Å². The van der Waals surface area contributed by atoms with E-state index >= 15 is 0 Å². The SMILES string of the molecule is CC1=CCC=I1. The van der Waals surface area contributed by atoms with Crippen LogP contribution < -0.4 is 0 Å². The molecule has 0 unspecified atom stereocenters. The molecule has 1 rings (SSSR count). The normalized spacial score (nSPS) is 19.8. The van der Waals surface area contributed by atoms with Crippen LogP contribution >= 0.6 is 20.7 Å². The average Bonchev–Trinajstić information content (AvgIpc) is 1.86. The largest absolute Gasteiger partial charge is 0.0949 e. The first-order chi connectivity index (χ1) is 2.89. The third kappa shape index (κ3) is 0.899. The summed E-state index contributed by atoms with van der Waals surface area (Å²) in [4.78, 5) is 0. The van der Waals surface area contributed by atoms with Gasteiger partial charge in [-0.25, -0.2) is 0 Å². The Hall–Kier alpha value is 0.340. The minimum Gasteiger partial charge on any atom is -0.0949 e. The molecule has 0 nitrogen and oxygen atoms in total. The topological polar surface area (TPSA) is 0 Å². The van der Waals surface area contributed by atoms with Gasteiger partial charge in [0, 0.05) is 0 Å². The molecule has 0 N–H and O–H groups in total. The summed E-state index contributed by atoms with van der Waals surface area (Å²) in [6.45, 7) is 2.22. The van der Waals surface area contributed by atoms with Crippen molar-refractivity contribution in [3.05, 3.63) is 9.66 Å². The van der Waals surface area contributed by atoms with E-state index in [1.54, 1.807) is 3.58 Å². The maximum Gasteiger partial charge on any atom is -0.0102 e. The zero-order valence-corrected chi connectivity index (χ0v) is 5.90. The Kier molecular flexibility index (Phi) is 1.40. The Balaban J connectivity index is 2.68. The van der Waals surface area contributed by atoms with Crippen LogP contribution in [0.4, 0.5) is 0 Å². The quantitative estimate of drug-likeness (QED) is 0.517. The molecular weight excluding hydrogens is 187 g/mol. The van der Waals surface area contributed by atoms with Gasteiger partial charge in [-0.2, -0.15) is 0 Å². The highest BCUT2D eigenvalue weighted by atomic mass is 127. The first kappa shape index (κ1) is 4.50. The summed E-state index contributed by atoms with van der Waals surface area (Å²) >= 11 is 0.416. The van der Waals surface area contributed by atoms with E-state index in [2.05, 4.69) is 17.0 Å². The van der Waals surface area contributed by atoms with Gasteiger partial charge in [-0.05, 0) is 20.9 Å². The van der Waals surface area contributed by atoms with Crippen LogP contribution in [0.1, 0.15) is 13.3 Å². The van der Waals surface area contributed by atoms with E-state index in [1.807, 2.05) is 0 Å². The second kappa shape index (κ2) is 1.87.